The van der Waals surface area contributed by atoms with Gasteiger partial charge in [-0.2, -0.15) is 0 Å². The molecule has 0 aliphatic rings. The number of H-pyrrole nitrogens is 1. The number of hydrogen-bond donors (Lipinski definition) is 2. The highest BCUT2D eigenvalue weighted by atomic mass is 35.5. The van der Waals surface area contributed by atoms with E-state index in [1.54, 1.807) is 48.7 Å². The molecule has 30 heavy (non-hydrogen) atoms. The van der Waals surface area contributed by atoms with E-state index in [9.17, 15) is 9.59 Å². The van der Waals surface area contributed by atoms with Gasteiger partial charge in [-0.3, -0.25) is 14.3 Å². The number of aromatic nitrogens is 3. The van der Waals surface area contributed by atoms with Crippen LogP contribution in [-0.4, -0.2) is 21.0 Å². The molecule has 0 bridgehead atoms. The lowest BCUT2D eigenvalue weighted by Crippen LogP contribution is -2.12. The van der Waals surface area contributed by atoms with Gasteiger partial charge < -0.3 is 9.73 Å². The molecular weight excluding hydrogens is 431 g/mol. The monoisotopic (exact) mass is 444 g/mol. The largest absolute Gasteiger partial charge is 0.441 e. The van der Waals surface area contributed by atoms with Gasteiger partial charge in [-0.05, 0) is 30.3 Å². The average molecular weight is 445 g/mol. The number of oxazole rings is 1. The van der Waals surface area contributed by atoms with Gasteiger partial charge in [0.25, 0.3) is 0 Å². The minimum atomic E-state index is -0.648. The Morgan fingerprint density at radius 3 is 2.80 bits per heavy atom. The van der Waals surface area contributed by atoms with Crippen molar-refractivity contribution in [2.45, 2.75) is 12.8 Å². The lowest BCUT2D eigenvalue weighted by atomic mass is 10.2. The van der Waals surface area contributed by atoms with Crippen LogP contribution in [0.1, 0.15) is 12.3 Å². The van der Waals surface area contributed by atoms with Crippen molar-refractivity contribution in [2.75, 3.05) is 5.32 Å². The zero-order valence-corrected chi connectivity index (χ0v) is 16.8. The number of amides is 1. The van der Waals surface area contributed by atoms with E-state index in [0.29, 0.717) is 44.9 Å². The van der Waals surface area contributed by atoms with Crippen molar-refractivity contribution >= 4 is 34.8 Å². The minimum absolute atomic E-state index is 0.166. The molecule has 0 unspecified atom stereocenters. The minimum Gasteiger partial charge on any atom is -0.441 e. The molecule has 0 fully saturated rings. The first-order chi connectivity index (χ1) is 14.5. The summed E-state index contributed by atoms with van der Waals surface area (Å²) in [6, 6.07) is 11.9. The Kier molecular flexibility index (Phi) is 5.69. The van der Waals surface area contributed by atoms with Crippen LogP contribution in [-0.2, 0) is 11.2 Å². The zero-order valence-electron chi connectivity index (χ0n) is 15.3. The first-order valence-corrected chi connectivity index (χ1v) is 9.60. The van der Waals surface area contributed by atoms with Crippen LogP contribution >= 0.6 is 23.2 Å². The molecule has 2 aromatic carbocycles. The van der Waals surface area contributed by atoms with Gasteiger partial charge in [0.1, 0.15) is 0 Å². The van der Waals surface area contributed by atoms with Crippen molar-refractivity contribution in [1.82, 2.24) is 15.1 Å². The van der Waals surface area contributed by atoms with Gasteiger partial charge in [0, 0.05) is 34.7 Å². The van der Waals surface area contributed by atoms with Crippen LogP contribution in [0.3, 0.4) is 0 Å². The number of halogens is 2. The van der Waals surface area contributed by atoms with E-state index in [4.69, 9.17) is 27.6 Å². The summed E-state index contributed by atoms with van der Waals surface area (Å²) in [6.07, 6.45) is 2.04. The van der Waals surface area contributed by atoms with Crippen LogP contribution in [0.5, 0.6) is 0 Å². The Morgan fingerprint density at radius 2 is 2.03 bits per heavy atom. The fraction of sp³-hybridized carbons (Fsp3) is 0.100. The predicted molar refractivity (Wildman–Crippen MR) is 111 cm³/mol. The second kappa shape index (κ2) is 8.56. The van der Waals surface area contributed by atoms with Crippen LogP contribution in [0.2, 0.25) is 10.0 Å². The summed E-state index contributed by atoms with van der Waals surface area (Å²) in [5, 5.41) is 7.40. The molecule has 4 aromatic rings. The van der Waals surface area contributed by atoms with Crippen LogP contribution < -0.4 is 11.1 Å². The van der Waals surface area contributed by atoms with Gasteiger partial charge in [-0.15, -0.1) is 0 Å². The Balaban J connectivity index is 1.38. The number of carbonyl (C=O) groups excluding carboxylic acids is 1. The first-order valence-electron chi connectivity index (χ1n) is 8.84. The normalized spacial score (nSPS) is 10.9. The van der Waals surface area contributed by atoms with Gasteiger partial charge in [-0.25, -0.2) is 9.78 Å². The van der Waals surface area contributed by atoms with E-state index in [0.717, 1.165) is 0 Å². The number of carbonyl (C=O) groups is 1. The highest BCUT2D eigenvalue weighted by Crippen LogP contribution is 2.31. The van der Waals surface area contributed by atoms with Gasteiger partial charge in [0.05, 0.1) is 11.2 Å². The standard InChI is InChI=1S/C20H14Cl2N4O4/c21-12-4-5-14(15(22)9-12)16-10-23-18(29-16)7-6-17(27)24-13-3-1-2-11(8-13)19-25-20(28)30-26-19/h1-5,8-10H,6-7H2,(H,24,27)(H,25,26,28). The summed E-state index contributed by atoms with van der Waals surface area (Å²) in [5.74, 6) is 0.334. The first kappa shape index (κ1) is 19.9. The van der Waals surface area contributed by atoms with Crippen LogP contribution in [0.25, 0.3) is 22.7 Å². The highest BCUT2D eigenvalue weighted by Gasteiger charge is 2.12. The van der Waals surface area contributed by atoms with E-state index in [1.165, 1.54) is 0 Å². The topological polar surface area (TPSA) is 114 Å². The summed E-state index contributed by atoms with van der Waals surface area (Å²) in [4.78, 5) is 30.0. The highest BCUT2D eigenvalue weighted by molar-refractivity contribution is 6.36. The molecule has 2 heterocycles. The number of rotatable bonds is 6. The van der Waals surface area contributed by atoms with Gasteiger partial charge >= 0.3 is 5.76 Å². The molecule has 152 valence electrons. The van der Waals surface area contributed by atoms with E-state index < -0.39 is 5.76 Å². The maximum Gasteiger partial charge on any atom is 0.439 e. The second-order valence-corrected chi connectivity index (χ2v) is 7.16. The number of nitrogens with zero attached hydrogens (tertiary/aromatic N) is 2. The quantitative estimate of drug-likeness (QED) is 0.450. The smallest absolute Gasteiger partial charge is 0.439 e. The summed E-state index contributed by atoms with van der Waals surface area (Å²) >= 11 is 12.1. The number of anilines is 1. The molecule has 4 rings (SSSR count). The van der Waals surface area contributed by atoms with Crippen molar-refractivity contribution in [3.63, 3.8) is 0 Å². The second-order valence-electron chi connectivity index (χ2n) is 6.32. The third-order valence-corrected chi connectivity index (χ3v) is 4.72. The maximum absolute atomic E-state index is 12.3. The number of aryl methyl sites for hydroxylation is 1. The molecule has 0 saturated carbocycles. The summed E-state index contributed by atoms with van der Waals surface area (Å²) in [5.41, 5.74) is 1.84. The Morgan fingerprint density at radius 1 is 1.17 bits per heavy atom. The van der Waals surface area contributed by atoms with E-state index in [2.05, 4.69) is 25.0 Å². The molecule has 10 heteroatoms. The SMILES string of the molecule is O=C(CCc1ncc(-c2ccc(Cl)cc2Cl)o1)Nc1cccc(-c2noc(=O)[nH]2)c1. The van der Waals surface area contributed by atoms with E-state index in [-0.39, 0.29) is 18.2 Å². The number of benzene rings is 2. The van der Waals surface area contributed by atoms with E-state index in [1.807, 2.05) is 0 Å². The zero-order chi connectivity index (χ0) is 21.1. The predicted octanol–water partition coefficient (Wildman–Crippen LogP) is 4.56. The van der Waals surface area contributed by atoms with Crippen LogP contribution in [0, 0.1) is 0 Å². The van der Waals surface area contributed by atoms with Crippen molar-refractivity contribution < 1.29 is 13.7 Å². The molecule has 0 spiro atoms. The third kappa shape index (κ3) is 4.61. The summed E-state index contributed by atoms with van der Waals surface area (Å²) in [6.45, 7) is 0. The molecule has 0 radical (unpaired) electrons. The lowest BCUT2D eigenvalue weighted by molar-refractivity contribution is -0.116. The van der Waals surface area contributed by atoms with Crippen LogP contribution in [0.15, 0.2) is 62.4 Å². The fourth-order valence-electron chi connectivity index (χ4n) is 2.78. The van der Waals surface area contributed by atoms with Crippen molar-refractivity contribution in [3.05, 3.63) is 75.1 Å². The molecule has 0 atom stereocenters. The average Bonchev–Trinajstić information content (AvgIpc) is 3.36. The summed E-state index contributed by atoms with van der Waals surface area (Å²) in [7, 11) is 0. The van der Waals surface area contributed by atoms with Gasteiger partial charge in [0.15, 0.2) is 17.5 Å². The molecular formula is C20H14Cl2N4O4. The molecule has 0 saturated heterocycles. The lowest BCUT2D eigenvalue weighted by Gasteiger charge is -2.05. The van der Waals surface area contributed by atoms with Crippen molar-refractivity contribution in [3.8, 4) is 22.7 Å². The Bertz CT molecular complexity index is 1260. The van der Waals surface area contributed by atoms with Crippen molar-refractivity contribution in [2.24, 2.45) is 0 Å². The molecule has 1 amide bonds. The van der Waals surface area contributed by atoms with Gasteiger partial charge in [-0.1, -0.05) is 40.5 Å². The maximum atomic E-state index is 12.3. The number of aromatic amines is 1. The molecule has 2 aromatic heterocycles. The van der Waals surface area contributed by atoms with E-state index >= 15 is 0 Å². The molecule has 0 aliphatic heterocycles. The fourth-order valence-corrected chi connectivity index (χ4v) is 3.28. The molecule has 8 nitrogen and oxygen atoms in total. The van der Waals surface area contributed by atoms with Gasteiger partial charge in [0.2, 0.25) is 5.91 Å². The number of nitrogens with one attached hydrogen (secondary N) is 2. The molecule has 0 aliphatic carbocycles. The summed E-state index contributed by atoms with van der Waals surface area (Å²) < 4.78 is 10.2. The van der Waals surface area contributed by atoms with Crippen LogP contribution in [0.4, 0.5) is 5.69 Å². The Hall–Kier alpha value is -3.36. The molecule has 2 N–H and O–H groups in total. The van der Waals surface area contributed by atoms with Crippen molar-refractivity contribution in [1.29, 1.82) is 0 Å². The Labute approximate surface area is 179 Å². The third-order valence-electron chi connectivity index (χ3n) is 4.18. The number of hydrogen-bond acceptors (Lipinski definition) is 6.